The lowest BCUT2D eigenvalue weighted by Gasteiger charge is -2.10. The van der Waals surface area contributed by atoms with Crippen LogP contribution in [-0.4, -0.2) is 16.3 Å². The van der Waals surface area contributed by atoms with E-state index in [9.17, 15) is 10.1 Å². The molecule has 5 nitrogen and oxygen atoms in total. The van der Waals surface area contributed by atoms with E-state index < -0.39 is 4.92 Å². The van der Waals surface area contributed by atoms with E-state index in [-0.39, 0.29) is 5.69 Å². The normalized spacial score (nSPS) is 13.7. The van der Waals surface area contributed by atoms with Crippen LogP contribution in [0.2, 0.25) is 0 Å². The van der Waals surface area contributed by atoms with E-state index in [1.165, 1.54) is 12.1 Å². The van der Waals surface area contributed by atoms with Crippen molar-refractivity contribution in [2.75, 3.05) is 0 Å². The van der Waals surface area contributed by atoms with Crippen molar-refractivity contribution in [3.8, 4) is 0 Å². The first-order valence-corrected chi connectivity index (χ1v) is 7.48. The number of non-ortho nitro benzene ring substituents is 1. The van der Waals surface area contributed by atoms with Crippen LogP contribution >= 0.6 is 15.9 Å². The van der Waals surface area contributed by atoms with Crippen molar-refractivity contribution in [2.24, 2.45) is 10.2 Å². The third-order valence-corrected chi connectivity index (χ3v) is 3.94. The summed E-state index contributed by atoms with van der Waals surface area (Å²) in [5.41, 5.74) is 4.65. The Balaban J connectivity index is 2.13. The van der Waals surface area contributed by atoms with Gasteiger partial charge in [0, 0.05) is 39.9 Å². The summed E-state index contributed by atoms with van der Waals surface area (Å²) in [4.78, 5) is 10.4. The lowest BCUT2D eigenvalue weighted by molar-refractivity contribution is -0.384. The Bertz CT molecular complexity index is 811. The van der Waals surface area contributed by atoms with Gasteiger partial charge in [0.05, 0.1) is 4.92 Å². The molecule has 2 aromatic rings. The summed E-state index contributed by atoms with van der Waals surface area (Å²) in [6.45, 7) is 1.94. The minimum absolute atomic E-state index is 0.0621. The van der Waals surface area contributed by atoms with Gasteiger partial charge in [-0.1, -0.05) is 22.0 Å². The molecule has 0 N–H and O–H groups in total. The maximum Gasteiger partial charge on any atom is 0.269 e. The van der Waals surface area contributed by atoms with E-state index in [0.29, 0.717) is 0 Å². The number of nitro groups is 1. The first-order chi connectivity index (χ1) is 10.5. The molecule has 0 bridgehead atoms. The highest BCUT2D eigenvalue weighted by atomic mass is 79.9. The van der Waals surface area contributed by atoms with Gasteiger partial charge in [-0.05, 0) is 36.8 Å². The fourth-order valence-electron chi connectivity index (χ4n) is 2.38. The molecule has 1 aliphatic rings. The van der Waals surface area contributed by atoms with Gasteiger partial charge in [-0.25, -0.2) is 0 Å². The Morgan fingerprint density at radius 2 is 1.86 bits per heavy atom. The minimum atomic E-state index is -0.411. The molecule has 0 fully saturated rings. The van der Waals surface area contributed by atoms with Crippen LogP contribution in [0.4, 0.5) is 5.69 Å². The van der Waals surface area contributed by atoms with Crippen LogP contribution in [0.1, 0.15) is 23.6 Å². The molecular weight excluding hydrogens is 346 g/mol. The number of hydrogen-bond acceptors (Lipinski definition) is 4. The molecule has 0 amide bonds. The molecule has 0 radical (unpaired) electrons. The molecule has 2 aromatic carbocycles. The summed E-state index contributed by atoms with van der Waals surface area (Å²) < 4.78 is 0.959. The van der Waals surface area contributed by atoms with Crippen LogP contribution in [0.25, 0.3) is 0 Å². The van der Waals surface area contributed by atoms with Gasteiger partial charge in [-0.15, -0.1) is 5.10 Å². The number of benzene rings is 2. The number of nitro benzene ring substituents is 1. The van der Waals surface area contributed by atoms with Crippen LogP contribution < -0.4 is 0 Å². The van der Waals surface area contributed by atoms with E-state index in [1.807, 2.05) is 25.1 Å². The summed E-state index contributed by atoms with van der Waals surface area (Å²) in [6, 6.07) is 12.4. The standard InChI is InChI=1S/C16H12BrN3O2/c1-10-8-12-2-5-13(17)9-15(12)16(19-18-10)11-3-6-14(7-4-11)20(21)22/h2-7,9H,8H2,1H3. The number of fused-ring (bicyclic) bond motifs is 1. The summed E-state index contributed by atoms with van der Waals surface area (Å²) in [7, 11) is 0. The van der Waals surface area contributed by atoms with Gasteiger partial charge >= 0.3 is 0 Å². The minimum Gasteiger partial charge on any atom is -0.258 e. The quantitative estimate of drug-likeness (QED) is 0.598. The van der Waals surface area contributed by atoms with Crippen LogP contribution in [-0.2, 0) is 6.42 Å². The third-order valence-electron chi connectivity index (χ3n) is 3.45. The number of hydrogen-bond donors (Lipinski definition) is 0. The summed E-state index contributed by atoms with van der Waals surface area (Å²) >= 11 is 3.48. The molecule has 3 rings (SSSR count). The van der Waals surface area contributed by atoms with E-state index in [0.717, 1.165) is 39.0 Å². The van der Waals surface area contributed by atoms with Gasteiger partial charge in [-0.2, -0.15) is 5.10 Å². The van der Waals surface area contributed by atoms with E-state index >= 15 is 0 Å². The van der Waals surface area contributed by atoms with Crippen LogP contribution in [0.15, 0.2) is 57.1 Å². The SMILES string of the molecule is CC1=NN=C(c2ccc([N+](=O)[O-])cc2)c2cc(Br)ccc2C1. The average molecular weight is 358 g/mol. The molecule has 22 heavy (non-hydrogen) atoms. The zero-order valence-corrected chi connectivity index (χ0v) is 13.4. The molecule has 1 heterocycles. The molecule has 6 heteroatoms. The largest absolute Gasteiger partial charge is 0.269 e. The van der Waals surface area contributed by atoms with Crippen LogP contribution in [0.5, 0.6) is 0 Å². The number of halogens is 1. The maximum absolute atomic E-state index is 10.8. The molecule has 110 valence electrons. The van der Waals surface area contributed by atoms with E-state index in [1.54, 1.807) is 12.1 Å². The molecule has 0 spiro atoms. The Morgan fingerprint density at radius 1 is 1.14 bits per heavy atom. The second kappa shape index (κ2) is 5.81. The van der Waals surface area contributed by atoms with Crippen molar-refractivity contribution in [1.82, 2.24) is 0 Å². The summed E-state index contributed by atoms with van der Waals surface area (Å²) in [5.74, 6) is 0. The van der Waals surface area contributed by atoms with Gasteiger partial charge in [-0.3, -0.25) is 10.1 Å². The molecule has 1 aliphatic heterocycles. The van der Waals surface area contributed by atoms with Crippen molar-refractivity contribution >= 4 is 33.0 Å². The predicted octanol–water partition coefficient (Wildman–Crippen LogP) is 4.13. The van der Waals surface area contributed by atoms with Gasteiger partial charge < -0.3 is 0 Å². The van der Waals surface area contributed by atoms with Gasteiger partial charge in [0.1, 0.15) is 5.71 Å². The summed E-state index contributed by atoms with van der Waals surface area (Å²) in [6.07, 6.45) is 0.739. The molecule has 0 saturated carbocycles. The van der Waals surface area contributed by atoms with E-state index in [4.69, 9.17) is 0 Å². The number of rotatable bonds is 2. The van der Waals surface area contributed by atoms with Gasteiger partial charge in [0.15, 0.2) is 0 Å². The number of nitrogens with zero attached hydrogens (tertiary/aromatic N) is 3. The van der Waals surface area contributed by atoms with Crippen molar-refractivity contribution in [1.29, 1.82) is 0 Å². The lowest BCUT2D eigenvalue weighted by Crippen LogP contribution is -2.07. The Morgan fingerprint density at radius 3 is 2.55 bits per heavy atom. The summed E-state index contributed by atoms with van der Waals surface area (Å²) in [5, 5.41) is 19.4. The highest BCUT2D eigenvalue weighted by molar-refractivity contribution is 9.10. The predicted molar refractivity (Wildman–Crippen MR) is 89.7 cm³/mol. The molecular formula is C16H12BrN3O2. The first kappa shape index (κ1) is 14.6. The Labute approximate surface area is 135 Å². The zero-order valence-electron chi connectivity index (χ0n) is 11.8. The third kappa shape index (κ3) is 2.82. The second-order valence-corrected chi connectivity index (χ2v) is 5.98. The van der Waals surface area contributed by atoms with Crippen LogP contribution in [0.3, 0.4) is 0 Å². The molecule has 0 aliphatic carbocycles. The lowest BCUT2D eigenvalue weighted by atomic mass is 9.95. The van der Waals surface area contributed by atoms with Gasteiger partial charge in [0.25, 0.3) is 5.69 Å². The highest BCUT2D eigenvalue weighted by Crippen LogP contribution is 2.24. The average Bonchev–Trinajstić information content (AvgIpc) is 2.66. The Kier molecular flexibility index (Phi) is 3.85. The zero-order chi connectivity index (χ0) is 15.7. The molecule has 0 aromatic heterocycles. The van der Waals surface area contributed by atoms with Crippen molar-refractivity contribution < 1.29 is 4.92 Å². The van der Waals surface area contributed by atoms with Crippen molar-refractivity contribution in [3.63, 3.8) is 0 Å². The smallest absolute Gasteiger partial charge is 0.258 e. The molecule has 0 unspecified atom stereocenters. The van der Waals surface area contributed by atoms with Gasteiger partial charge in [0.2, 0.25) is 0 Å². The van der Waals surface area contributed by atoms with Crippen LogP contribution in [0, 0.1) is 10.1 Å². The molecule has 0 saturated heterocycles. The fraction of sp³-hybridized carbons (Fsp3) is 0.125. The van der Waals surface area contributed by atoms with E-state index in [2.05, 4.69) is 26.1 Å². The topological polar surface area (TPSA) is 67.9 Å². The van der Waals surface area contributed by atoms with Crippen molar-refractivity contribution in [2.45, 2.75) is 13.3 Å². The Hall–Kier alpha value is -2.34. The fourth-order valence-corrected chi connectivity index (χ4v) is 2.74. The van der Waals surface area contributed by atoms with Crippen molar-refractivity contribution in [3.05, 3.63) is 73.7 Å². The highest BCUT2D eigenvalue weighted by Gasteiger charge is 2.17. The first-order valence-electron chi connectivity index (χ1n) is 6.69. The monoisotopic (exact) mass is 357 g/mol. The molecule has 0 atom stereocenters. The second-order valence-electron chi connectivity index (χ2n) is 5.07. The maximum atomic E-state index is 10.8.